The van der Waals surface area contributed by atoms with Gasteiger partial charge in [-0.3, -0.25) is 9.59 Å². The summed E-state index contributed by atoms with van der Waals surface area (Å²) in [6.07, 6.45) is -6.10. The van der Waals surface area contributed by atoms with E-state index in [1.54, 1.807) is 6.92 Å². The van der Waals surface area contributed by atoms with Crippen molar-refractivity contribution in [3.8, 4) is 0 Å². The first-order valence-corrected chi connectivity index (χ1v) is 3.95. The zero-order valence-electron chi connectivity index (χ0n) is 7.57. The number of hydrogen-bond acceptors (Lipinski definition) is 2. The standard InChI is InChI=1S/C7H11F3N2O2/c1-2-11-6(14)4-12-5(13)3-7(8,9)10/h2-4H2,1H3,(H,11,14)(H,12,13). The zero-order chi connectivity index (χ0) is 11.2. The first-order valence-electron chi connectivity index (χ1n) is 3.95. The molecule has 0 rings (SSSR count). The second kappa shape index (κ2) is 5.46. The molecule has 0 aliphatic carbocycles. The summed E-state index contributed by atoms with van der Waals surface area (Å²) >= 11 is 0. The number of likely N-dealkylation sites (N-methyl/N-ethyl adjacent to an activating group) is 1. The van der Waals surface area contributed by atoms with E-state index in [1.165, 1.54) is 0 Å². The topological polar surface area (TPSA) is 58.2 Å². The van der Waals surface area contributed by atoms with Gasteiger partial charge in [-0.25, -0.2) is 0 Å². The predicted octanol–water partition coefficient (Wildman–Crippen LogP) is 0.191. The fraction of sp³-hybridized carbons (Fsp3) is 0.714. The molecule has 0 unspecified atom stereocenters. The normalized spacial score (nSPS) is 10.9. The minimum Gasteiger partial charge on any atom is -0.355 e. The fourth-order valence-electron chi connectivity index (χ4n) is 0.683. The van der Waals surface area contributed by atoms with Gasteiger partial charge in [-0.15, -0.1) is 0 Å². The molecule has 0 aliphatic heterocycles. The van der Waals surface area contributed by atoms with E-state index in [4.69, 9.17) is 0 Å². The van der Waals surface area contributed by atoms with Gasteiger partial charge < -0.3 is 10.6 Å². The van der Waals surface area contributed by atoms with Crippen LogP contribution in [0.4, 0.5) is 13.2 Å². The summed E-state index contributed by atoms with van der Waals surface area (Å²) in [5.74, 6) is -1.72. The van der Waals surface area contributed by atoms with Gasteiger partial charge in [-0.1, -0.05) is 0 Å². The lowest BCUT2D eigenvalue weighted by Crippen LogP contribution is -2.38. The van der Waals surface area contributed by atoms with E-state index < -0.39 is 31.0 Å². The number of carbonyl (C=O) groups excluding carboxylic acids is 2. The highest BCUT2D eigenvalue weighted by Gasteiger charge is 2.31. The Morgan fingerprint density at radius 2 is 1.71 bits per heavy atom. The molecule has 0 atom stereocenters. The van der Waals surface area contributed by atoms with Crippen molar-refractivity contribution >= 4 is 11.8 Å². The first kappa shape index (κ1) is 12.7. The lowest BCUT2D eigenvalue weighted by molar-refractivity contribution is -0.154. The van der Waals surface area contributed by atoms with Crippen LogP contribution < -0.4 is 10.6 Å². The summed E-state index contributed by atoms with van der Waals surface area (Å²) in [5.41, 5.74) is 0. The quantitative estimate of drug-likeness (QED) is 0.699. The third-order valence-electron chi connectivity index (χ3n) is 1.18. The molecule has 0 bridgehead atoms. The van der Waals surface area contributed by atoms with Crippen molar-refractivity contribution < 1.29 is 22.8 Å². The molecule has 2 N–H and O–H groups in total. The highest BCUT2D eigenvalue weighted by molar-refractivity contribution is 5.84. The van der Waals surface area contributed by atoms with Crippen LogP contribution in [0.25, 0.3) is 0 Å². The van der Waals surface area contributed by atoms with Crippen LogP contribution in [0.15, 0.2) is 0 Å². The number of hydrogen-bond donors (Lipinski definition) is 2. The maximum atomic E-state index is 11.6. The van der Waals surface area contributed by atoms with Gasteiger partial charge in [0.25, 0.3) is 0 Å². The number of alkyl halides is 3. The smallest absolute Gasteiger partial charge is 0.355 e. The molecule has 0 saturated heterocycles. The number of rotatable bonds is 4. The molecule has 0 aliphatic rings. The van der Waals surface area contributed by atoms with Crippen LogP contribution in [-0.2, 0) is 9.59 Å². The van der Waals surface area contributed by atoms with Gasteiger partial charge in [0, 0.05) is 6.54 Å². The van der Waals surface area contributed by atoms with Crippen molar-refractivity contribution in [1.29, 1.82) is 0 Å². The van der Waals surface area contributed by atoms with Crippen molar-refractivity contribution in [3.63, 3.8) is 0 Å². The highest BCUT2D eigenvalue weighted by Crippen LogP contribution is 2.18. The molecule has 0 spiro atoms. The van der Waals surface area contributed by atoms with Gasteiger partial charge in [0.05, 0.1) is 6.54 Å². The maximum absolute atomic E-state index is 11.6. The van der Waals surface area contributed by atoms with E-state index in [1.807, 2.05) is 5.32 Å². The average Bonchev–Trinajstić information content (AvgIpc) is 1.98. The van der Waals surface area contributed by atoms with Crippen LogP contribution in [0.5, 0.6) is 0 Å². The molecule has 4 nitrogen and oxygen atoms in total. The van der Waals surface area contributed by atoms with E-state index in [0.717, 1.165) is 0 Å². The zero-order valence-corrected chi connectivity index (χ0v) is 7.57. The van der Waals surface area contributed by atoms with E-state index in [0.29, 0.717) is 6.54 Å². The molecule has 0 aromatic heterocycles. The highest BCUT2D eigenvalue weighted by atomic mass is 19.4. The van der Waals surface area contributed by atoms with Crippen LogP contribution in [-0.4, -0.2) is 31.1 Å². The summed E-state index contributed by atoms with van der Waals surface area (Å²) in [7, 11) is 0. The van der Waals surface area contributed by atoms with Crippen molar-refractivity contribution in [2.75, 3.05) is 13.1 Å². The van der Waals surface area contributed by atoms with Crippen molar-refractivity contribution in [1.82, 2.24) is 10.6 Å². The van der Waals surface area contributed by atoms with Crippen LogP contribution in [0.1, 0.15) is 13.3 Å². The van der Waals surface area contributed by atoms with E-state index in [9.17, 15) is 22.8 Å². The van der Waals surface area contributed by atoms with E-state index in [-0.39, 0.29) is 0 Å². The molecule has 14 heavy (non-hydrogen) atoms. The largest absolute Gasteiger partial charge is 0.397 e. The Bertz CT molecular complexity index is 215. The third-order valence-corrected chi connectivity index (χ3v) is 1.18. The number of nitrogens with one attached hydrogen (secondary N) is 2. The second-order valence-corrected chi connectivity index (χ2v) is 2.52. The lowest BCUT2D eigenvalue weighted by atomic mass is 10.4. The van der Waals surface area contributed by atoms with Gasteiger partial charge >= 0.3 is 6.18 Å². The summed E-state index contributed by atoms with van der Waals surface area (Å²) in [6.45, 7) is 1.60. The minimum atomic E-state index is -4.54. The fourth-order valence-corrected chi connectivity index (χ4v) is 0.683. The molecule has 0 fully saturated rings. The molecule has 0 aromatic carbocycles. The van der Waals surface area contributed by atoms with Gasteiger partial charge in [0.1, 0.15) is 6.42 Å². The number of halogens is 3. The van der Waals surface area contributed by atoms with Crippen molar-refractivity contribution in [2.24, 2.45) is 0 Å². The average molecular weight is 212 g/mol. The second-order valence-electron chi connectivity index (χ2n) is 2.52. The SMILES string of the molecule is CCNC(=O)CNC(=O)CC(F)(F)F. The molecule has 0 aromatic rings. The molecule has 0 radical (unpaired) electrons. The Morgan fingerprint density at radius 1 is 1.14 bits per heavy atom. The lowest BCUT2D eigenvalue weighted by Gasteiger charge is -2.07. The summed E-state index contributed by atoms with van der Waals surface area (Å²) in [5, 5.41) is 4.18. The monoisotopic (exact) mass is 212 g/mol. The van der Waals surface area contributed by atoms with Gasteiger partial charge in [-0.05, 0) is 6.92 Å². The van der Waals surface area contributed by atoms with Crippen LogP contribution in [0.3, 0.4) is 0 Å². The summed E-state index contributed by atoms with van der Waals surface area (Å²) in [6, 6.07) is 0. The Balaban J connectivity index is 3.70. The van der Waals surface area contributed by atoms with Gasteiger partial charge in [-0.2, -0.15) is 13.2 Å². The first-order chi connectivity index (χ1) is 6.35. The molecule has 0 heterocycles. The molecule has 82 valence electrons. The van der Waals surface area contributed by atoms with Crippen LogP contribution in [0.2, 0.25) is 0 Å². The molecule has 7 heteroatoms. The summed E-state index contributed by atoms with van der Waals surface area (Å²) in [4.78, 5) is 21.3. The Kier molecular flexibility index (Phi) is 4.96. The molecular formula is C7H11F3N2O2. The molecule has 2 amide bonds. The Hall–Kier alpha value is -1.27. The third kappa shape index (κ3) is 7.38. The van der Waals surface area contributed by atoms with E-state index >= 15 is 0 Å². The van der Waals surface area contributed by atoms with Gasteiger partial charge in [0.2, 0.25) is 11.8 Å². The van der Waals surface area contributed by atoms with Crippen molar-refractivity contribution in [3.05, 3.63) is 0 Å². The Morgan fingerprint density at radius 3 is 2.14 bits per heavy atom. The maximum Gasteiger partial charge on any atom is 0.397 e. The molecule has 0 saturated carbocycles. The predicted molar refractivity (Wildman–Crippen MR) is 42.4 cm³/mol. The summed E-state index contributed by atoms with van der Waals surface area (Å²) < 4.78 is 34.9. The van der Waals surface area contributed by atoms with Crippen molar-refractivity contribution in [2.45, 2.75) is 19.5 Å². The van der Waals surface area contributed by atoms with Gasteiger partial charge in [0.15, 0.2) is 0 Å². The Labute approximate surface area is 78.8 Å². The van der Waals surface area contributed by atoms with E-state index in [2.05, 4.69) is 5.32 Å². The minimum absolute atomic E-state index is 0.369. The number of amides is 2. The molecular weight excluding hydrogens is 201 g/mol. The van der Waals surface area contributed by atoms with Crippen LogP contribution in [0, 0.1) is 0 Å². The van der Waals surface area contributed by atoms with Crippen LogP contribution >= 0.6 is 0 Å². The number of carbonyl (C=O) groups is 2.